The second-order valence-corrected chi connectivity index (χ2v) is 4.51. The Hall–Kier alpha value is -1.49. The van der Waals surface area contributed by atoms with Gasteiger partial charge in [0.05, 0.1) is 11.7 Å². The first-order chi connectivity index (χ1) is 8.25. The lowest BCUT2D eigenvalue weighted by Crippen LogP contribution is -2.32. The van der Waals surface area contributed by atoms with E-state index in [0.29, 0.717) is 18.0 Å². The molecule has 0 saturated heterocycles. The summed E-state index contributed by atoms with van der Waals surface area (Å²) in [4.78, 5) is 19.3. The van der Waals surface area contributed by atoms with Crippen LogP contribution in [-0.2, 0) is 0 Å². The van der Waals surface area contributed by atoms with Gasteiger partial charge < -0.3 is 10.4 Å². The minimum Gasteiger partial charge on any atom is -0.393 e. The minimum atomic E-state index is -0.149. The highest BCUT2D eigenvalue weighted by atomic mass is 16.3. The topological polar surface area (TPSA) is 75.1 Å². The van der Waals surface area contributed by atoms with Gasteiger partial charge in [0, 0.05) is 18.9 Å². The van der Waals surface area contributed by atoms with E-state index >= 15 is 0 Å². The molecule has 1 aliphatic carbocycles. The molecule has 0 atom stereocenters. The zero-order chi connectivity index (χ0) is 12.1. The molecule has 1 heterocycles. The van der Waals surface area contributed by atoms with Crippen molar-refractivity contribution in [2.45, 2.75) is 31.8 Å². The van der Waals surface area contributed by atoms with E-state index in [4.69, 9.17) is 0 Å². The Balaban J connectivity index is 1.77. The number of hydrogen-bond acceptors (Lipinski definition) is 4. The van der Waals surface area contributed by atoms with Gasteiger partial charge in [0.25, 0.3) is 5.91 Å². The Labute approximate surface area is 100 Å². The Morgan fingerprint density at radius 2 is 1.94 bits per heavy atom. The van der Waals surface area contributed by atoms with Gasteiger partial charge in [0.15, 0.2) is 0 Å². The Kier molecular flexibility index (Phi) is 4.03. The quantitative estimate of drug-likeness (QED) is 0.811. The predicted molar refractivity (Wildman–Crippen MR) is 62.3 cm³/mol. The standard InChI is InChI=1S/C12H17N3O2/c16-11-3-1-9(2-4-11)5-15-12(17)10-6-13-8-14-7-10/h6-9,11,16H,1-5H2,(H,15,17). The number of nitrogens with zero attached hydrogens (tertiary/aromatic N) is 2. The molecular formula is C12H17N3O2. The number of aromatic nitrogens is 2. The van der Waals surface area contributed by atoms with Crippen LogP contribution in [0, 0.1) is 5.92 Å². The predicted octanol–water partition coefficient (Wildman–Crippen LogP) is 0.757. The maximum absolute atomic E-state index is 11.7. The molecule has 1 saturated carbocycles. The fourth-order valence-corrected chi connectivity index (χ4v) is 2.10. The number of nitrogens with one attached hydrogen (secondary N) is 1. The lowest BCUT2D eigenvalue weighted by atomic mass is 9.87. The normalized spacial score (nSPS) is 24.3. The third kappa shape index (κ3) is 3.49. The molecule has 0 unspecified atom stereocenters. The summed E-state index contributed by atoms with van der Waals surface area (Å²) in [7, 11) is 0. The molecule has 92 valence electrons. The van der Waals surface area contributed by atoms with E-state index in [1.807, 2.05) is 0 Å². The number of aliphatic hydroxyl groups is 1. The first kappa shape index (κ1) is 12.0. The molecule has 1 amide bonds. The summed E-state index contributed by atoms with van der Waals surface area (Å²) in [6.07, 6.45) is 7.91. The van der Waals surface area contributed by atoms with Gasteiger partial charge >= 0.3 is 0 Å². The van der Waals surface area contributed by atoms with E-state index in [1.165, 1.54) is 18.7 Å². The van der Waals surface area contributed by atoms with Gasteiger partial charge in [-0.3, -0.25) is 4.79 Å². The van der Waals surface area contributed by atoms with Crippen LogP contribution in [0.3, 0.4) is 0 Å². The van der Waals surface area contributed by atoms with Crippen molar-refractivity contribution in [1.82, 2.24) is 15.3 Å². The number of hydrogen-bond donors (Lipinski definition) is 2. The molecule has 0 aromatic carbocycles. The Bertz CT molecular complexity index is 361. The Morgan fingerprint density at radius 3 is 2.59 bits per heavy atom. The van der Waals surface area contributed by atoms with Crippen LogP contribution in [0.15, 0.2) is 18.7 Å². The third-order valence-electron chi connectivity index (χ3n) is 3.19. The molecule has 1 aliphatic rings. The van der Waals surface area contributed by atoms with Gasteiger partial charge in [-0.2, -0.15) is 0 Å². The molecular weight excluding hydrogens is 218 g/mol. The molecule has 0 spiro atoms. The molecule has 5 heteroatoms. The third-order valence-corrected chi connectivity index (χ3v) is 3.19. The number of carbonyl (C=O) groups excluding carboxylic acids is 1. The molecule has 1 aromatic heterocycles. The lowest BCUT2D eigenvalue weighted by Gasteiger charge is -2.25. The maximum atomic E-state index is 11.7. The van der Waals surface area contributed by atoms with Crippen LogP contribution in [0.5, 0.6) is 0 Å². The molecule has 5 nitrogen and oxygen atoms in total. The van der Waals surface area contributed by atoms with E-state index in [9.17, 15) is 9.90 Å². The maximum Gasteiger partial charge on any atom is 0.254 e. The molecule has 0 radical (unpaired) electrons. The van der Waals surface area contributed by atoms with E-state index in [1.54, 1.807) is 0 Å². The second-order valence-electron chi connectivity index (χ2n) is 4.51. The average Bonchev–Trinajstić information content (AvgIpc) is 2.39. The van der Waals surface area contributed by atoms with Crippen molar-refractivity contribution >= 4 is 5.91 Å². The number of rotatable bonds is 3. The zero-order valence-corrected chi connectivity index (χ0v) is 9.67. The summed E-state index contributed by atoms with van der Waals surface area (Å²) < 4.78 is 0. The van der Waals surface area contributed by atoms with Crippen molar-refractivity contribution in [3.8, 4) is 0 Å². The van der Waals surface area contributed by atoms with Crippen LogP contribution >= 0.6 is 0 Å². The summed E-state index contributed by atoms with van der Waals surface area (Å²) in [5.74, 6) is 0.351. The SMILES string of the molecule is O=C(NCC1CCC(O)CC1)c1cncnc1. The van der Waals surface area contributed by atoms with Crippen molar-refractivity contribution in [1.29, 1.82) is 0 Å². The highest BCUT2D eigenvalue weighted by Crippen LogP contribution is 2.23. The van der Waals surface area contributed by atoms with Crippen LogP contribution < -0.4 is 5.32 Å². The van der Waals surface area contributed by atoms with E-state index in [-0.39, 0.29) is 12.0 Å². The monoisotopic (exact) mass is 235 g/mol. The highest BCUT2D eigenvalue weighted by Gasteiger charge is 2.19. The summed E-state index contributed by atoms with van der Waals surface area (Å²) in [6.45, 7) is 0.667. The van der Waals surface area contributed by atoms with E-state index in [2.05, 4.69) is 15.3 Å². The zero-order valence-electron chi connectivity index (χ0n) is 9.67. The van der Waals surface area contributed by atoms with Gasteiger partial charge in [-0.15, -0.1) is 0 Å². The van der Waals surface area contributed by atoms with Crippen molar-refractivity contribution in [3.05, 3.63) is 24.3 Å². The van der Waals surface area contributed by atoms with Crippen LogP contribution in [0.1, 0.15) is 36.0 Å². The van der Waals surface area contributed by atoms with Gasteiger partial charge in [-0.05, 0) is 31.6 Å². The first-order valence-corrected chi connectivity index (χ1v) is 5.97. The van der Waals surface area contributed by atoms with Crippen LogP contribution in [0.2, 0.25) is 0 Å². The van der Waals surface area contributed by atoms with E-state index < -0.39 is 0 Å². The van der Waals surface area contributed by atoms with Crippen LogP contribution in [0.25, 0.3) is 0 Å². The molecule has 0 bridgehead atoms. The van der Waals surface area contributed by atoms with E-state index in [0.717, 1.165) is 25.7 Å². The minimum absolute atomic E-state index is 0.128. The molecule has 1 fully saturated rings. The summed E-state index contributed by atoms with van der Waals surface area (Å²) in [5.41, 5.74) is 0.489. The van der Waals surface area contributed by atoms with Crippen LogP contribution in [-0.4, -0.2) is 33.6 Å². The largest absolute Gasteiger partial charge is 0.393 e. The van der Waals surface area contributed by atoms with Gasteiger partial charge in [0.2, 0.25) is 0 Å². The summed E-state index contributed by atoms with van der Waals surface area (Å²) in [5, 5.41) is 12.3. The van der Waals surface area contributed by atoms with Crippen molar-refractivity contribution in [2.75, 3.05) is 6.54 Å². The Morgan fingerprint density at radius 1 is 1.29 bits per heavy atom. The number of carbonyl (C=O) groups is 1. The van der Waals surface area contributed by atoms with Gasteiger partial charge in [-0.25, -0.2) is 9.97 Å². The van der Waals surface area contributed by atoms with Crippen molar-refractivity contribution < 1.29 is 9.90 Å². The van der Waals surface area contributed by atoms with Gasteiger partial charge in [0.1, 0.15) is 6.33 Å². The smallest absolute Gasteiger partial charge is 0.254 e. The molecule has 0 aliphatic heterocycles. The number of aliphatic hydroxyl groups excluding tert-OH is 1. The van der Waals surface area contributed by atoms with Crippen LogP contribution in [0.4, 0.5) is 0 Å². The second kappa shape index (κ2) is 5.72. The van der Waals surface area contributed by atoms with Crippen molar-refractivity contribution in [2.24, 2.45) is 5.92 Å². The highest BCUT2D eigenvalue weighted by molar-refractivity contribution is 5.93. The lowest BCUT2D eigenvalue weighted by molar-refractivity contribution is 0.0909. The van der Waals surface area contributed by atoms with Crippen molar-refractivity contribution in [3.63, 3.8) is 0 Å². The fraction of sp³-hybridized carbons (Fsp3) is 0.583. The molecule has 2 N–H and O–H groups in total. The molecule has 1 aromatic rings. The van der Waals surface area contributed by atoms with Gasteiger partial charge in [-0.1, -0.05) is 0 Å². The summed E-state index contributed by atoms with van der Waals surface area (Å²) >= 11 is 0. The number of amides is 1. The fourth-order valence-electron chi connectivity index (χ4n) is 2.10. The first-order valence-electron chi connectivity index (χ1n) is 5.97. The molecule has 17 heavy (non-hydrogen) atoms. The average molecular weight is 235 g/mol. The summed E-state index contributed by atoms with van der Waals surface area (Å²) in [6, 6.07) is 0. The molecule has 2 rings (SSSR count).